The van der Waals surface area contributed by atoms with E-state index < -0.39 is 10.0 Å². The van der Waals surface area contributed by atoms with Crippen LogP contribution in [0.3, 0.4) is 0 Å². The van der Waals surface area contributed by atoms with Crippen LogP contribution < -0.4 is 0 Å². The quantitative estimate of drug-likeness (QED) is 0.590. The fraction of sp³-hybridized carbons (Fsp3) is 0.720. The van der Waals surface area contributed by atoms with Gasteiger partial charge in [-0.3, -0.25) is 0 Å². The number of piperidine rings is 1. The molecule has 32 heavy (non-hydrogen) atoms. The highest BCUT2D eigenvalue weighted by atomic mass is 32.2. The first kappa shape index (κ1) is 23.6. The van der Waals surface area contributed by atoms with Gasteiger partial charge in [0.15, 0.2) is 0 Å². The third kappa shape index (κ3) is 5.84. The summed E-state index contributed by atoms with van der Waals surface area (Å²) in [5.41, 5.74) is 3.61. The zero-order valence-corrected chi connectivity index (χ0v) is 20.6. The molecule has 7 heteroatoms. The van der Waals surface area contributed by atoms with E-state index in [1.165, 1.54) is 30.2 Å². The van der Waals surface area contributed by atoms with Gasteiger partial charge in [0.25, 0.3) is 0 Å². The van der Waals surface area contributed by atoms with E-state index in [2.05, 4.69) is 25.1 Å². The Labute approximate surface area is 193 Å². The van der Waals surface area contributed by atoms with Crippen LogP contribution in [0.5, 0.6) is 0 Å². The Morgan fingerprint density at radius 1 is 1.19 bits per heavy atom. The first-order valence-corrected chi connectivity index (χ1v) is 14.0. The van der Waals surface area contributed by atoms with Gasteiger partial charge in [-0.1, -0.05) is 38.0 Å². The molecule has 2 fully saturated rings. The van der Waals surface area contributed by atoms with Gasteiger partial charge in [0.2, 0.25) is 10.0 Å². The van der Waals surface area contributed by atoms with E-state index in [9.17, 15) is 13.2 Å². The fourth-order valence-electron chi connectivity index (χ4n) is 4.97. The number of carbonyl (C=O) groups is 1. The van der Waals surface area contributed by atoms with Gasteiger partial charge in [0.05, 0.1) is 6.26 Å². The zero-order valence-electron chi connectivity index (χ0n) is 19.8. The number of nitrogens with zero attached hydrogens (tertiary/aromatic N) is 2. The number of fused-ring (bicyclic) bond motifs is 1. The summed E-state index contributed by atoms with van der Waals surface area (Å²) in [5, 5.41) is 0. The third-order valence-corrected chi connectivity index (χ3v) is 8.91. The number of hydrogen-bond donors (Lipinski definition) is 0. The summed E-state index contributed by atoms with van der Waals surface area (Å²) in [6, 6.07) is 6.60. The van der Waals surface area contributed by atoms with E-state index in [1.54, 1.807) is 4.31 Å². The smallest absolute Gasteiger partial charge is 0.410 e. The van der Waals surface area contributed by atoms with Crippen molar-refractivity contribution < 1.29 is 17.9 Å². The van der Waals surface area contributed by atoms with Crippen molar-refractivity contribution >= 4 is 16.1 Å². The van der Waals surface area contributed by atoms with Crippen LogP contribution in [0.25, 0.3) is 0 Å². The Kier molecular flexibility index (Phi) is 6.87. The largest absolute Gasteiger partial charge is 0.443 e. The van der Waals surface area contributed by atoms with Gasteiger partial charge >= 0.3 is 6.09 Å². The van der Waals surface area contributed by atoms with Crippen molar-refractivity contribution in [3.63, 3.8) is 0 Å². The van der Waals surface area contributed by atoms with Crippen LogP contribution in [-0.4, -0.2) is 55.2 Å². The van der Waals surface area contributed by atoms with Crippen LogP contribution in [-0.2, 0) is 27.7 Å². The Hall–Kier alpha value is -1.60. The first-order valence-electron chi connectivity index (χ1n) is 12.2. The van der Waals surface area contributed by atoms with Crippen LogP contribution in [0.4, 0.5) is 4.79 Å². The second-order valence-corrected chi connectivity index (χ2v) is 12.4. The molecule has 3 aliphatic rings. The monoisotopic (exact) mass is 462 g/mol. The number of hydrogen-bond acceptors (Lipinski definition) is 4. The van der Waals surface area contributed by atoms with Crippen molar-refractivity contribution in [3.05, 3.63) is 34.9 Å². The number of amides is 1. The van der Waals surface area contributed by atoms with E-state index in [0.29, 0.717) is 24.9 Å². The number of carbonyl (C=O) groups excluding carboxylic acids is 1. The Morgan fingerprint density at radius 3 is 2.56 bits per heavy atom. The Morgan fingerprint density at radius 2 is 1.91 bits per heavy atom. The average molecular weight is 463 g/mol. The zero-order chi connectivity index (χ0) is 22.9. The molecule has 0 spiro atoms. The molecule has 4 rings (SSSR count). The molecule has 1 aromatic rings. The van der Waals surface area contributed by atoms with Crippen molar-refractivity contribution in [2.75, 3.05) is 25.9 Å². The topological polar surface area (TPSA) is 66.9 Å². The lowest BCUT2D eigenvalue weighted by atomic mass is 9.87. The number of benzene rings is 1. The van der Waals surface area contributed by atoms with Gasteiger partial charge in [-0.05, 0) is 74.0 Å². The van der Waals surface area contributed by atoms with Crippen LogP contribution in [0.15, 0.2) is 18.2 Å². The van der Waals surface area contributed by atoms with Gasteiger partial charge in [-0.2, -0.15) is 4.31 Å². The van der Waals surface area contributed by atoms with E-state index in [-0.39, 0.29) is 11.7 Å². The highest BCUT2D eigenvalue weighted by Gasteiger charge is 2.43. The Balaban J connectivity index is 1.20. The van der Waals surface area contributed by atoms with E-state index in [1.807, 2.05) is 11.8 Å². The lowest BCUT2D eigenvalue weighted by Gasteiger charge is -2.32. The molecule has 1 amide bonds. The number of sulfonamides is 1. The average Bonchev–Trinajstić information content (AvgIpc) is 3.49. The van der Waals surface area contributed by atoms with Gasteiger partial charge in [0.1, 0.15) is 5.60 Å². The summed E-state index contributed by atoms with van der Waals surface area (Å²) in [4.78, 5) is 14.2. The van der Waals surface area contributed by atoms with Crippen LogP contribution in [0, 0.1) is 5.92 Å². The van der Waals surface area contributed by atoms with E-state index in [4.69, 9.17) is 4.74 Å². The minimum absolute atomic E-state index is 0.121. The van der Waals surface area contributed by atoms with Gasteiger partial charge in [-0.25, -0.2) is 13.2 Å². The molecule has 2 aliphatic heterocycles. The summed E-state index contributed by atoms with van der Waals surface area (Å²) in [6.07, 6.45) is 9.70. The van der Waals surface area contributed by atoms with E-state index in [0.717, 1.165) is 57.2 Å². The van der Waals surface area contributed by atoms with Crippen molar-refractivity contribution in [2.24, 2.45) is 5.92 Å². The maximum absolute atomic E-state index is 12.3. The fourth-order valence-corrected chi connectivity index (χ4v) is 5.77. The molecule has 1 aliphatic carbocycles. The molecule has 2 heterocycles. The first-order chi connectivity index (χ1) is 15.1. The molecule has 0 radical (unpaired) electrons. The van der Waals surface area contributed by atoms with Crippen LogP contribution >= 0.6 is 0 Å². The minimum Gasteiger partial charge on any atom is -0.443 e. The van der Waals surface area contributed by atoms with Gasteiger partial charge in [-0.15, -0.1) is 0 Å². The summed E-state index contributed by atoms with van der Waals surface area (Å²) in [6.45, 7) is 7.04. The summed E-state index contributed by atoms with van der Waals surface area (Å²) in [5.74, 6) is 1.20. The standard InChI is InChI=1S/C25H38N2O4S/c1-19(21-7-8-23-18-27(32(3,29)30)16-11-22(23)17-21)5-4-6-20-9-14-26(15-10-20)24(28)31-25(2)12-13-25/h7-8,17,19-20H,4-6,9-16,18H2,1-3H3. The van der Waals surface area contributed by atoms with Crippen molar-refractivity contribution in [1.29, 1.82) is 0 Å². The van der Waals surface area contributed by atoms with Crippen LogP contribution in [0.1, 0.15) is 81.4 Å². The molecule has 178 valence electrons. The SMILES string of the molecule is CC(CCCC1CCN(C(=O)OC2(C)CC2)CC1)c1ccc2c(c1)CCN(S(C)(=O)=O)C2. The maximum atomic E-state index is 12.3. The highest BCUT2D eigenvalue weighted by molar-refractivity contribution is 7.88. The maximum Gasteiger partial charge on any atom is 0.410 e. The molecular weight excluding hydrogens is 424 g/mol. The lowest BCUT2D eigenvalue weighted by Crippen LogP contribution is -2.40. The van der Waals surface area contributed by atoms with Crippen molar-refractivity contribution in [3.8, 4) is 0 Å². The molecule has 6 nitrogen and oxygen atoms in total. The summed E-state index contributed by atoms with van der Waals surface area (Å²) >= 11 is 0. The number of rotatable bonds is 7. The molecule has 1 saturated carbocycles. The predicted molar refractivity (Wildman–Crippen MR) is 126 cm³/mol. The lowest BCUT2D eigenvalue weighted by molar-refractivity contribution is 0.0484. The molecule has 0 aromatic heterocycles. The molecule has 1 aromatic carbocycles. The molecule has 0 N–H and O–H groups in total. The molecule has 0 bridgehead atoms. The van der Waals surface area contributed by atoms with Crippen molar-refractivity contribution in [1.82, 2.24) is 9.21 Å². The van der Waals surface area contributed by atoms with Gasteiger partial charge < -0.3 is 9.64 Å². The molecule has 1 atom stereocenters. The second kappa shape index (κ2) is 9.34. The number of likely N-dealkylation sites (tertiary alicyclic amines) is 1. The molecule has 1 unspecified atom stereocenters. The Bertz CT molecular complexity index is 933. The van der Waals surface area contributed by atoms with E-state index >= 15 is 0 Å². The van der Waals surface area contributed by atoms with Gasteiger partial charge in [0, 0.05) is 26.2 Å². The normalized spacial score (nSPS) is 22.3. The van der Waals surface area contributed by atoms with Crippen molar-refractivity contribution in [2.45, 2.75) is 83.3 Å². The second-order valence-electron chi connectivity index (χ2n) is 10.5. The highest BCUT2D eigenvalue weighted by Crippen LogP contribution is 2.39. The molecular formula is C25H38N2O4S. The summed E-state index contributed by atoms with van der Waals surface area (Å²) in [7, 11) is -3.13. The third-order valence-electron chi connectivity index (χ3n) is 7.66. The van der Waals surface area contributed by atoms with Crippen LogP contribution in [0.2, 0.25) is 0 Å². The summed E-state index contributed by atoms with van der Waals surface area (Å²) < 4.78 is 30.8. The predicted octanol–water partition coefficient (Wildman–Crippen LogP) is 4.68. The number of ether oxygens (including phenoxy) is 1. The minimum atomic E-state index is -3.13. The molecule has 1 saturated heterocycles.